The normalized spacial score (nSPS) is 13.0. The van der Waals surface area contributed by atoms with Crippen molar-refractivity contribution in [2.75, 3.05) is 7.05 Å². The number of benzene rings is 1. The summed E-state index contributed by atoms with van der Waals surface area (Å²) < 4.78 is 5.81. The van der Waals surface area contributed by atoms with Gasteiger partial charge in [0.25, 0.3) is 0 Å². The SMILES string of the molecule is C=C/C(C)=C\N=C(/CCCC)c1ccc(C#N)cc1O/C=C/C(C)=N\C. The van der Waals surface area contributed by atoms with Crippen LogP contribution < -0.4 is 4.74 Å². The van der Waals surface area contributed by atoms with E-state index in [4.69, 9.17) is 4.74 Å². The minimum absolute atomic E-state index is 0.547. The topological polar surface area (TPSA) is 57.7 Å². The molecule has 0 amide bonds. The number of hydrogen-bond acceptors (Lipinski definition) is 4. The lowest BCUT2D eigenvalue weighted by Crippen LogP contribution is -2.04. The molecule has 0 unspecified atom stereocenters. The van der Waals surface area contributed by atoms with E-state index in [2.05, 4.69) is 29.6 Å². The van der Waals surface area contributed by atoms with Crippen LogP contribution in [0.2, 0.25) is 0 Å². The van der Waals surface area contributed by atoms with E-state index in [1.165, 1.54) is 0 Å². The number of unbranched alkanes of at least 4 members (excludes halogenated alkanes) is 1. The van der Waals surface area contributed by atoms with Gasteiger partial charge >= 0.3 is 0 Å². The minimum Gasteiger partial charge on any atom is -0.464 e. The summed E-state index contributed by atoms with van der Waals surface area (Å²) in [6.45, 7) is 9.76. The van der Waals surface area contributed by atoms with Crippen molar-refractivity contribution in [1.29, 1.82) is 5.26 Å². The Morgan fingerprint density at radius 2 is 2.12 bits per heavy atom. The highest BCUT2D eigenvalue weighted by molar-refractivity contribution is 6.03. The molecule has 0 aliphatic carbocycles. The van der Waals surface area contributed by atoms with Gasteiger partial charge in [0.1, 0.15) is 5.75 Å². The maximum Gasteiger partial charge on any atom is 0.136 e. The fraction of sp³-hybridized carbons (Fsp3) is 0.318. The summed E-state index contributed by atoms with van der Waals surface area (Å²) in [6.07, 6.45) is 9.88. The van der Waals surface area contributed by atoms with E-state index in [-0.39, 0.29) is 0 Å². The number of allylic oxidation sites excluding steroid dienone is 3. The van der Waals surface area contributed by atoms with Crippen LogP contribution >= 0.6 is 0 Å². The Bertz CT molecular complexity index is 777. The first-order valence-electron chi connectivity index (χ1n) is 8.72. The van der Waals surface area contributed by atoms with Gasteiger partial charge in [0.15, 0.2) is 0 Å². The van der Waals surface area contributed by atoms with Crippen molar-refractivity contribution in [3.05, 3.63) is 66.1 Å². The minimum atomic E-state index is 0.547. The summed E-state index contributed by atoms with van der Waals surface area (Å²) in [5.41, 5.74) is 4.21. The van der Waals surface area contributed by atoms with Gasteiger partial charge in [-0.2, -0.15) is 5.26 Å². The zero-order valence-corrected chi connectivity index (χ0v) is 16.1. The summed E-state index contributed by atoms with van der Waals surface area (Å²) in [7, 11) is 1.73. The molecule has 0 spiro atoms. The third-order valence-electron chi connectivity index (χ3n) is 3.79. The monoisotopic (exact) mass is 349 g/mol. The Morgan fingerprint density at radius 3 is 2.73 bits per heavy atom. The molecule has 1 rings (SSSR count). The zero-order chi connectivity index (χ0) is 19.4. The highest BCUT2D eigenvalue weighted by atomic mass is 16.5. The second-order valence-corrected chi connectivity index (χ2v) is 5.86. The van der Waals surface area contributed by atoms with E-state index in [0.29, 0.717) is 11.3 Å². The molecule has 0 N–H and O–H groups in total. The predicted octanol–water partition coefficient (Wildman–Crippen LogP) is 5.61. The number of aliphatic imine (C=N–C) groups is 2. The molecule has 1 aromatic rings. The van der Waals surface area contributed by atoms with E-state index >= 15 is 0 Å². The number of nitrogens with zero attached hydrogens (tertiary/aromatic N) is 3. The van der Waals surface area contributed by atoms with Crippen LogP contribution in [-0.4, -0.2) is 18.5 Å². The largest absolute Gasteiger partial charge is 0.464 e. The Morgan fingerprint density at radius 1 is 1.35 bits per heavy atom. The summed E-state index contributed by atoms with van der Waals surface area (Å²) in [6, 6.07) is 7.58. The molecule has 0 radical (unpaired) electrons. The molecular formula is C22H27N3O. The summed E-state index contributed by atoms with van der Waals surface area (Å²) in [5, 5.41) is 9.20. The Labute approximate surface area is 156 Å². The summed E-state index contributed by atoms with van der Waals surface area (Å²) >= 11 is 0. The van der Waals surface area contributed by atoms with Gasteiger partial charge in [0.05, 0.1) is 23.6 Å². The van der Waals surface area contributed by atoms with Crippen molar-refractivity contribution < 1.29 is 4.74 Å². The third kappa shape index (κ3) is 6.90. The molecule has 4 nitrogen and oxygen atoms in total. The molecule has 0 saturated carbocycles. The Hall–Kier alpha value is -2.93. The fourth-order valence-electron chi connectivity index (χ4n) is 2.05. The Balaban J connectivity index is 3.33. The van der Waals surface area contributed by atoms with Crippen LogP contribution in [-0.2, 0) is 0 Å². The molecule has 0 fully saturated rings. The molecular weight excluding hydrogens is 322 g/mol. The van der Waals surface area contributed by atoms with Gasteiger partial charge in [-0.05, 0) is 56.5 Å². The zero-order valence-electron chi connectivity index (χ0n) is 16.1. The number of hydrogen-bond donors (Lipinski definition) is 0. The quantitative estimate of drug-likeness (QED) is 0.330. The molecule has 136 valence electrons. The molecule has 0 aliphatic heterocycles. The first-order valence-corrected chi connectivity index (χ1v) is 8.72. The van der Waals surface area contributed by atoms with E-state index in [9.17, 15) is 5.26 Å². The fourth-order valence-corrected chi connectivity index (χ4v) is 2.05. The van der Waals surface area contributed by atoms with E-state index in [0.717, 1.165) is 41.8 Å². The summed E-state index contributed by atoms with van der Waals surface area (Å²) in [4.78, 5) is 8.72. The first-order chi connectivity index (χ1) is 12.5. The van der Waals surface area contributed by atoms with Crippen LogP contribution in [0.15, 0.2) is 65.0 Å². The predicted molar refractivity (Wildman–Crippen MR) is 110 cm³/mol. The second kappa shape index (κ2) is 11.6. The lowest BCUT2D eigenvalue weighted by atomic mass is 10.0. The molecule has 0 aliphatic rings. The molecule has 4 heteroatoms. The van der Waals surface area contributed by atoms with Gasteiger partial charge in [-0.1, -0.05) is 26.0 Å². The van der Waals surface area contributed by atoms with Crippen molar-refractivity contribution in [3.8, 4) is 11.8 Å². The third-order valence-corrected chi connectivity index (χ3v) is 3.79. The average Bonchev–Trinajstić information content (AvgIpc) is 2.67. The van der Waals surface area contributed by atoms with E-state index < -0.39 is 0 Å². The number of rotatable bonds is 9. The molecule has 0 heterocycles. The van der Waals surface area contributed by atoms with Crippen molar-refractivity contribution in [1.82, 2.24) is 0 Å². The van der Waals surface area contributed by atoms with Gasteiger partial charge in [-0.3, -0.25) is 9.98 Å². The van der Waals surface area contributed by atoms with Crippen molar-refractivity contribution in [2.45, 2.75) is 40.0 Å². The molecule has 26 heavy (non-hydrogen) atoms. The van der Waals surface area contributed by atoms with Crippen LogP contribution in [0.25, 0.3) is 0 Å². The smallest absolute Gasteiger partial charge is 0.136 e. The van der Waals surface area contributed by atoms with E-state index in [1.807, 2.05) is 26.1 Å². The molecule has 0 aromatic heterocycles. The van der Waals surface area contributed by atoms with Crippen LogP contribution in [0.3, 0.4) is 0 Å². The molecule has 0 saturated heterocycles. The van der Waals surface area contributed by atoms with Gasteiger partial charge in [0.2, 0.25) is 0 Å². The van der Waals surface area contributed by atoms with Gasteiger partial charge in [-0.15, -0.1) is 0 Å². The van der Waals surface area contributed by atoms with Gasteiger partial charge in [0, 0.05) is 24.5 Å². The summed E-state index contributed by atoms with van der Waals surface area (Å²) in [5.74, 6) is 0.615. The standard InChI is InChI=1S/C22H27N3O/c1-6-8-9-21(25-16-17(3)7-2)20-11-10-19(15-23)14-22(20)26-13-12-18(4)24-5/h7,10-14,16H,2,6,8-9H2,1,3-5H3/b13-12+,17-16-,24-18-,25-21+. The van der Waals surface area contributed by atoms with Crippen LogP contribution in [0, 0.1) is 11.3 Å². The van der Waals surface area contributed by atoms with Crippen LogP contribution in [0.5, 0.6) is 5.75 Å². The average molecular weight is 349 g/mol. The Kier molecular flexibility index (Phi) is 9.42. The van der Waals surface area contributed by atoms with E-state index in [1.54, 1.807) is 37.6 Å². The van der Waals surface area contributed by atoms with Gasteiger partial charge in [-0.25, -0.2) is 0 Å². The molecule has 0 bridgehead atoms. The number of nitriles is 1. The second-order valence-electron chi connectivity index (χ2n) is 5.86. The lowest BCUT2D eigenvalue weighted by molar-refractivity contribution is 0.480. The highest BCUT2D eigenvalue weighted by Gasteiger charge is 2.11. The maximum absolute atomic E-state index is 9.20. The van der Waals surface area contributed by atoms with Gasteiger partial charge < -0.3 is 4.74 Å². The van der Waals surface area contributed by atoms with Crippen molar-refractivity contribution >= 4 is 11.4 Å². The highest BCUT2D eigenvalue weighted by Crippen LogP contribution is 2.24. The van der Waals surface area contributed by atoms with Crippen molar-refractivity contribution in [3.63, 3.8) is 0 Å². The first kappa shape index (κ1) is 21.1. The molecule has 1 aromatic carbocycles. The van der Waals surface area contributed by atoms with Crippen LogP contribution in [0.4, 0.5) is 0 Å². The maximum atomic E-state index is 9.20. The van der Waals surface area contributed by atoms with Crippen LogP contribution in [0.1, 0.15) is 51.2 Å². The number of ether oxygens (including phenoxy) is 1. The lowest BCUT2D eigenvalue weighted by Gasteiger charge is -2.11. The molecule has 0 atom stereocenters. The van der Waals surface area contributed by atoms with Crippen molar-refractivity contribution in [2.24, 2.45) is 9.98 Å².